The van der Waals surface area contributed by atoms with Crippen LogP contribution in [0.3, 0.4) is 0 Å². The molecule has 0 saturated carbocycles. The van der Waals surface area contributed by atoms with E-state index in [-0.39, 0.29) is 6.54 Å². The quantitative estimate of drug-likeness (QED) is 0.287. The summed E-state index contributed by atoms with van der Waals surface area (Å²) < 4.78 is 6.43. The fourth-order valence-corrected chi connectivity index (χ4v) is 4.14. The van der Waals surface area contributed by atoms with E-state index in [0.29, 0.717) is 5.89 Å². The lowest BCUT2D eigenvalue weighted by Crippen LogP contribution is -2.24. The van der Waals surface area contributed by atoms with Crippen molar-refractivity contribution in [2.75, 3.05) is 18.5 Å². The van der Waals surface area contributed by atoms with Gasteiger partial charge >= 0.3 is 5.97 Å². The van der Waals surface area contributed by atoms with Crippen LogP contribution >= 0.6 is 0 Å². The maximum Gasteiger partial charge on any atom is 0.323 e. The van der Waals surface area contributed by atoms with Gasteiger partial charge in [0.1, 0.15) is 12.2 Å². The molecule has 0 atom stereocenters. The van der Waals surface area contributed by atoms with Crippen molar-refractivity contribution in [2.45, 2.75) is 0 Å². The molecule has 5 aromatic rings. The van der Waals surface area contributed by atoms with E-state index in [1.54, 1.807) is 11.9 Å². The Bertz CT molecular complexity index is 1400. The number of carbonyl (C=O) groups is 1. The van der Waals surface area contributed by atoms with Gasteiger partial charge in [0.15, 0.2) is 5.76 Å². The van der Waals surface area contributed by atoms with Gasteiger partial charge in [0.2, 0.25) is 5.89 Å². The number of aromatic nitrogens is 1. The second-order valence-electron chi connectivity index (χ2n) is 8.27. The highest BCUT2D eigenvalue weighted by Crippen LogP contribution is 2.39. The van der Waals surface area contributed by atoms with E-state index >= 15 is 0 Å². The molecule has 0 aliphatic carbocycles. The summed E-state index contributed by atoms with van der Waals surface area (Å²) in [6.45, 7) is -0.0777. The molecule has 0 bridgehead atoms. The summed E-state index contributed by atoms with van der Waals surface area (Å²) in [6, 6.07) is 35.8. The van der Waals surface area contributed by atoms with Crippen molar-refractivity contribution < 1.29 is 14.3 Å². The number of aliphatic carboxylic acids is 1. The van der Waals surface area contributed by atoms with Crippen molar-refractivity contribution in [1.29, 1.82) is 0 Å². The third-order valence-corrected chi connectivity index (χ3v) is 5.84. The molecule has 35 heavy (non-hydrogen) atoms. The molecule has 0 fully saturated rings. The summed E-state index contributed by atoms with van der Waals surface area (Å²) in [5.41, 5.74) is 6.33. The average molecular weight is 461 g/mol. The van der Waals surface area contributed by atoms with Gasteiger partial charge in [0.25, 0.3) is 0 Å². The second kappa shape index (κ2) is 9.69. The Morgan fingerprint density at radius 3 is 2.06 bits per heavy atom. The highest BCUT2D eigenvalue weighted by Gasteiger charge is 2.20. The molecule has 5 heteroatoms. The number of likely N-dealkylation sites (N-methyl/N-ethyl adjacent to an activating group) is 1. The Balaban J connectivity index is 1.63. The number of anilines is 1. The van der Waals surface area contributed by atoms with Crippen LogP contribution in [-0.4, -0.2) is 29.7 Å². The van der Waals surface area contributed by atoms with Gasteiger partial charge < -0.3 is 14.4 Å². The number of benzene rings is 4. The number of carboxylic acids is 1. The molecule has 4 aromatic carbocycles. The molecule has 0 radical (unpaired) electrons. The Morgan fingerprint density at radius 1 is 0.771 bits per heavy atom. The number of hydrogen-bond donors (Lipinski definition) is 1. The molecule has 1 N–H and O–H groups in total. The van der Waals surface area contributed by atoms with E-state index < -0.39 is 5.97 Å². The normalized spacial score (nSPS) is 10.8. The minimum absolute atomic E-state index is 0.0777. The molecular weight excluding hydrogens is 436 g/mol. The first-order chi connectivity index (χ1) is 17.1. The number of nitrogens with zero attached hydrogens (tertiary/aromatic N) is 2. The van der Waals surface area contributed by atoms with Gasteiger partial charge in [-0.3, -0.25) is 4.79 Å². The Kier molecular flexibility index (Phi) is 6.14. The van der Waals surface area contributed by atoms with E-state index in [0.717, 1.165) is 45.0 Å². The van der Waals surface area contributed by atoms with Crippen molar-refractivity contribution in [2.24, 2.45) is 0 Å². The van der Waals surface area contributed by atoms with Crippen molar-refractivity contribution in [1.82, 2.24) is 4.98 Å². The van der Waals surface area contributed by atoms with Gasteiger partial charge in [-0.2, -0.15) is 0 Å². The van der Waals surface area contributed by atoms with Gasteiger partial charge in [-0.05, 0) is 29.3 Å². The molecule has 5 rings (SSSR count). The van der Waals surface area contributed by atoms with Crippen LogP contribution in [0.15, 0.2) is 114 Å². The SMILES string of the molecule is CN(CC(=O)O)c1cccc(-c2ccccc2-c2nc(-c3ccccc3)c(-c3ccccc3)o2)c1. The number of hydrogen-bond acceptors (Lipinski definition) is 4. The van der Waals surface area contributed by atoms with Crippen LogP contribution in [0, 0.1) is 0 Å². The molecular formula is C30H24N2O3. The van der Waals surface area contributed by atoms with Gasteiger partial charge in [0, 0.05) is 29.4 Å². The summed E-state index contributed by atoms with van der Waals surface area (Å²) in [4.78, 5) is 17.8. The fraction of sp³-hybridized carbons (Fsp3) is 0.0667. The summed E-state index contributed by atoms with van der Waals surface area (Å²) in [5, 5.41) is 9.18. The first-order valence-electron chi connectivity index (χ1n) is 11.3. The second-order valence-corrected chi connectivity index (χ2v) is 8.27. The van der Waals surface area contributed by atoms with Gasteiger partial charge in [-0.25, -0.2) is 4.98 Å². The topological polar surface area (TPSA) is 66.6 Å². The molecule has 0 unspecified atom stereocenters. The standard InChI is InChI=1S/C30H24N2O3/c1-32(20-27(33)34)24-16-10-15-23(19-24)25-17-8-9-18-26(25)30-31-28(21-11-4-2-5-12-21)29(35-30)22-13-6-3-7-14-22/h2-19H,20H2,1H3,(H,33,34). The van der Waals surface area contributed by atoms with Gasteiger partial charge in [-0.1, -0.05) is 91.0 Å². The molecule has 0 aliphatic rings. The van der Waals surface area contributed by atoms with Crippen molar-refractivity contribution >= 4 is 11.7 Å². The summed E-state index contributed by atoms with van der Waals surface area (Å²) in [5.74, 6) is 0.374. The van der Waals surface area contributed by atoms with Crippen LogP contribution in [0.25, 0.3) is 45.2 Å². The predicted octanol–water partition coefficient (Wildman–Crippen LogP) is 6.86. The molecule has 0 amide bonds. The van der Waals surface area contributed by atoms with Crippen LogP contribution in [0.1, 0.15) is 0 Å². The summed E-state index contributed by atoms with van der Waals surface area (Å²) >= 11 is 0. The lowest BCUT2D eigenvalue weighted by molar-refractivity contribution is -0.135. The van der Waals surface area contributed by atoms with Crippen molar-refractivity contribution in [3.8, 4) is 45.2 Å². The molecule has 0 spiro atoms. The Hall–Kier alpha value is -4.64. The first kappa shape index (κ1) is 22.2. The molecule has 0 aliphatic heterocycles. The lowest BCUT2D eigenvalue weighted by Gasteiger charge is -2.18. The van der Waals surface area contributed by atoms with Gasteiger partial charge in [-0.15, -0.1) is 0 Å². The zero-order chi connectivity index (χ0) is 24.2. The smallest absolute Gasteiger partial charge is 0.323 e. The largest absolute Gasteiger partial charge is 0.480 e. The van der Waals surface area contributed by atoms with E-state index in [4.69, 9.17) is 9.40 Å². The Labute approximate surface area is 203 Å². The molecule has 5 nitrogen and oxygen atoms in total. The summed E-state index contributed by atoms with van der Waals surface area (Å²) in [7, 11) is 1.77. The first-order valence-corrected chi connectivity index (χ1v) is 11.3. The molecule has 1 aromatic heterocycles. The highest BCUT2D eigenvalue weighted by atomic mass is 16.4. The minimum atomic E-state index is -0.875. The maximum absolute atomic E-state index is 11.2. The fourth-order valence-electron chi connectivity index (χ4n) is 4.14. The van der Waals surface area contributed by atoms with Crippen LogP contribution < -0.4 is 4.90 Å². The highest BCUT2D eigenvalue weighted by molar-refractivity contribution is 5.85. The van der Waals surface area contributed by atoms with Gasteiger partial charge in [0.05, 0.1) is 0 Å². The number of carboxylic acid groups (broad SMARTS) is 1. The molecule has 172 valence electrons. The van der Waals surface area contributed by atoms with E-state index in [9.17, 15) is 9.90 Å². The van der Waals surface area contributed by atoms with E-state index in [2.05, 4.69) is 0 Å². The van der Waals surface area contributed by atoms with Crippen LogP contribution in [0.2, 0.25) is 0 Å². The predicted molar refractivity (Wildman–Crippen MR) is 139 cm³/mol. The maximum atomic E-state index is 11.2. The summed E-state index contributed by atoms with van der Waals surface area (Å²) in [6.07, 6.45) is 0. The van der Waals surface area contributed by atoms with Crippen LogP contribution in [-0.2, 0) is 4.79 Å². The van der Waals surface area contributed by atoms with Crippen LogP contribution in [0.5, 0.6) is 0 Å². The third-order valence-electron chi connectivity index (χ3n) is 5.84. The monoisotopic (exact) mass is 460 g/mol. The third kappa shape index (κ3) is 4.70. The van der Waals surface area contributed by atoms with E-state index in [1.807, 2.05) is 109 Å². The minimum Gasteiger partial charge on any atom is -0.480 e. The molecule has 1 heterocycles. The zero-order valence-corrected chi connectivity index (χ0v) is 19.3. The van der Waals surface area contributed by atoms with E-state index in [1.165, 1.54) is 0 Å². The van der Waals surface area contributed by atoms with Crippen LogP contribution in [0.4, 0.5) is 5.69 Å². The van der Waals surface area contributed by atoms with Crippen molar-refractivity contribution in [3.63, 3.8) is 0 Å². The van der Waals surface area contributed by atoms with Crippen molar-refractivity contribution in [3.05, 3.63) is 109 Å². The number of rotatable bonds is 7. The number of oxazole rings is 1. The Morgan fingerprint density at radius 2 is 1.37 bits per heavy atom. The average Bonchev–Trinajstić information content (AvgIpc) is 3.35. The molecule has 0 saturated heterocycles. The lowest BCUT2D eigenvalue weighted by atomic mass is 9.99. The zero-order valence-electron chi connectivity index (χ0n) is 19.3.